The predicted molar refractivity (Wildman–Crippen MR) is 61.0 cm³/mol. The molecule has 7 heteroatoms. The summed E-state index contributed by atoms with van der Waals surface area (Å²) in [5.74, 6) is -4.04. The molecule has 0 bridgehead atoms. The van der Waals surface area contributed by atoms with Crippen LogP contribution in [-0.2, 0) is 16.0 Å². The number of nitrogens with zero attached hydrogens (tertiary/aromatic N) is 2. The molecule has 3 N–H and O–H groups in total. The van der Waals surface area contributed by atoms with Gasteiger partial charge in [0.2, 0.25) is 0 Å². The van der Waals surface area contributed by atoms with Gasteiger partial charge in [0.1, 0.15) is 11.0 Å². The van der Waals surface area contributed by atoms with Crippen LogP contribution in [0.1, 0.15) is 12.0 Å². The van der Waals surface area contributed by atoms with Crippen LogP contribution in [-0.4, -0.2) is 37.6 Å². The molecule has 0 spiro atoms. The van der Waals surface area contributed by atoms with Crippen LogP contribution in [0.4, 0.5) is 0 Å². The predicted octanol–water partition coefficient (Wildman–Crippen LogP) is 0.676. The second-order valence-corrected chi connectivity index (χ2v) is 3.88. The zero-order chi connectivity index (χ0) is 13.1. The number of rotatable bonds is 5. The molecule has 94 valence electrons. The zero-order valence-electron chi connectivity index (χ0n) is 9.33. The minimum absolute atomic E-state index is 0.0244. The third-order valence-electron chi connectivity index (χ3n) is 2.73. The molecule has 0 aliphatic rings. The maximum Gasteiger partial charge on any atom is 0.317 e. The van der Waals surface area contributed by atoms with Crippen molar-refractivity contribution in [2.24, 2.45) is 5.92 Å². The molecule has 0 atom stereocenters. The van der Waals surface area contributed by atoms with E-state index in [0.717, 1.165) is 5.56 Å². The first kappa shape index (κ1) is 12.0. The second kappa shape index (κ2) is 4.82. The van der Waals surface area contributed by atoms with Crippen LogP contribution in [0.2, 0.25) is 0 Å². The van der Waals surface area contributed by atoms with Gasteiger partial charge in [-0.2, -0.15) is 15.4 Å². The summed E-state index contributed by atoms with van der Waals surface area (Å²) in [5, 5.41) is 27.9. The first-order valence-electron chi connectivity index (χ1n) is 5.33. The Hall–Kier alpha value is -2.44. The van der Waals surface area contributed by atoms with Crippen LogP contribution < -0.4 is 0 Å². The number of nitrogens with one attached hydrogen (secondary N) is 1. The van der Waals surface area contributed by atoms with Crippen molar-refractivity contribution in [2.45, 2.75) is 12.8 Å². The van der Waals surface area contributed by atoms with E-state index < -0.39 is 17.9 Å². The number of H-pyrrole nitrogens is 1. The molecule has 0 saturated heterocycles. The number of aromatic amines is 1. The van der Waals surface area contributed by atoms with Gasteiger partial charge in [0.15, 0.2) is 5.92 Å². The highest BCUT2D eigenvalue weighted by atomic mass is 16.4. The Balaban J connectivity index is 2.17. The number of aromatic nitrogens is 3. The highest BCUT2D eigenvalue weighted by molar-refractivity contribution is 5.92. The molecule has 0 amide bonds. The van der Waals surface area contributed by atoms with Crippen LogP contribution in [0.15, 0.2) is 18.2 Å². The minimum Gasteiger partial charge on any atom is -0.481 e. The molecule has 0 fully saturated rings. The van der Waals surface area contributed by atoms with Crippen LogP contribution >= 0.6 is 0 Å². The SMILES string of the molecule is O=C(O)C(CCc1cccc2n[nH]nc12)C(=O)O. The monoisotopic (exact) mass is 249 g/mol. The van der Waals surface area contributed by atoms with Crippen molar-refractivity contribution in [3.8, 4) is 0 Å². The van der Waals surface area contributed by atoms with Crippen molar-refractivity contribution in [1.29, 1.82) is 0 Å². The highest BCUT2D eigenvalue weighted by Gasteiger charge is 2.25. The van der Waals surface area contributed by atoms with Crippen molar-refractivity contribution in [3.63, 3.8) is 0 Å². The Morgan fingerprint density at radius 1 is 1.22 bits per heavy atom. The lowest BCUT2D eigenvalue weighted by Gasteiger charge is -2.07. The van der Waals surface area contributed by atoms with Crippen LogP contribution in [0.25, 0.3) is 11.0 Å². The van der Waals surface area contributed by atoms with Gasteiger partial charge in [-0.1, -0.05) is 12.1 Å². The molecule has 0 radical (unpaired) electrons. The van der Waals surface area contributed by atoms with Gasteiger partial charge in [-0.3, -0.25) is 9.59 Å². The molecular weight excluding hydrogens is 238 g/mol. The largest absolute Gasteiger partial charge is 0.481 e. The standard InChI is InChI=1S/C11H11N3O4/c15-10(16)7(11(17)18)5-4-6-2-1-3-8-9(6)13-14-12-8/h1-3,7H,4-5H2,(H,15,16)(H,17,18)(H,12,13,14). The molecule has 0 aliphatic carbocycles. The van der Waals surface area contributed by atoms with Gasteiger partial charge in [0.25, 0.3) is 0 Å². The molecule has 1 aromatic carbocycles. The number of para-hydroxylation sites is 1. The summed E-state index contributed by atoms with van der Waals surface area (Å²) >= 11 is 0. The van der Waals surface area contributed by atoms with E-state index in [2.05, 4.69) is 15.4 Å². The zero-order valence-corrected chi connectivity index (χ0v) is 9.33. The summed E-state index contributed by atoms with van der Waals surface area (Å²) in [7, 11) is 0. The summed E-state index contributed by atoms with van der Waals surface area (Å²) in [6, 6.07) is 5.33. The maximum absolute atomic E-state index is 10.8. The number of fused-ring (bicyclic) bond motifs is 1. The second-order valence-electron chi connectivity index (χ2n) is 3.88. The van der Waals surface area contributed by atoms with E-state index in [0.29, 0.717) is 17.5 Å². The average molecular weight is 249 g/mol. The molecule has 0 aliphatic heterocycles. The number of carboxylic acids is 2. The van der Waals surface area contributed by atoms with Crippen LogP contribution in [0.3, 0.4) is 0 Å². The first-order valence-corrected chi connectivity index (χ1v) is 5.33. The number of carbonyl (C=O) groups is 2. The van der Waals surface area contributed by atoms with Gasteiger partial charge in [0.05, 0.1) is 0 Å². The topological polar surface area (TPSA) is 116 Å². The molecule has 1 aromatic heterocycles. The summed E-state index contributed by atoms with van der Waals surface area (Å²) in [6.07, 6.45) is 0.351. The van der Waals surface area contributed by atoms with E-state index in [9.17, 15) is 9.59 Å². The van der Waals surface area contributed by atoms with E-state index in [1.807, 2.05) is 0 Å². The van der Waals surface area contributed by atoms with E-state index >= 15 is 0 Å². The molecule has 7 nitrogen and oxygen atoms in total. The van der Waals surface area contributed by atoms with E-state index in [1.165, 1.54) is 0 Å². The van der Waals surface area contributed by atoms with E-state index in [4.69, 9.17) is 10.2 Å². The normalized spacial score (nSPS) is 10.9. The van der Waals surface area contributed by atoms with E-state index in [1.54, 1.807) is 18.2 Å². The smallest absolute Gasteiger partial charge is 0.317 e. The summed E-state index contributed by atoms with van der Waals surface area (Å²) in [5.41, 5.74) is 2.11. The van der Waals surface area contributed by atoms with Gasteiger partial charge >= 0.3 is 11.9 Å². The van der Waals surface area contributed by atoms with Crippen LogP contribution in [0.5, 0.6) is 0 Å². The molecule has 1 heterocycles. The molecular formula is C11H11N3O4. The number of aliphatic carboxylic acids is 2. The Bertz CT molecular complexity index is 579. The van der Waals surface area contributed by atoms with Crippen molar-refractivity contribution in [2.75, 3.05) is 0 Å². The van der Waals surface area contributed by atoms with Crippen LogP contribution in [0, 0.1) is 5.92 Å². The third-order valence-corrected chi connectivity index (χ3v) is 2.73. The molecule has 18 heavy (non-hydrogen) atoms. The number of benzene rings is 1. The van der Waals surface area contributed by atoms with Gasteiger partial charge in [-0.05, 0) is 24.5 Å². The lowest BCUT2D eigenvalue weighted by molar-refractivity contribution is -0.154. The summed E-state index contributed by atoms with van der Waals surface area (Å²) in [4.78, 5) is 21.5. The molecule has 0 saturated carbocycles. The van der Waals surface area contributed by atoms with Crippen molar-refractivity contribution >= 4 is 23.0 Å². The number of aryl methyl sites for hydroxylation is 1. The van der Waals surface area contributed by atoms with Crippen molar-refractivity contribution < 1.29 is 19.8 Å². The van der Waals surface area contributed by atoms with Gasteiger partial charge in [-0.25, -0.2) is 0 Å². The third kappa shape index (κ3) is 2.29. The fourth-order valence-corrected chi connectivity index (χ4v) is 1.78. The van der Waals surface area contributed by atoms with Gasteiger partial charge in [0, 0.05) is 0 Å². The number of hydrogen-bond donors (Lipinski definition) is 3. The lowest BCUT2D eigenvalue weighted by atomic mass is 9.99. The van der Waals surface area contributed by atoms with E-state index in [-0.39, 0.29) is 6.42 Å². The molecule has 0 unspecified atom stereocenters. The molecule has 2 rings (SSSR count). The average Bonchev–Trinajstić information content (AvgIpc) is 2.77. The quantitative estimate of drug-likeness (QED) is 0.671. The fraction of sp³-hybridized carbons (Fsp3) is 0.273. The first-order chi connectivity index (χ1) is 8.59. The van der Waals surface area contributed by atoms with Crippen molar-refractivity contribution in [3.05, 3.63) is 23.8 Å². The summed E-state index contributed by atoms with van der Waals surface area (Å²) in [6.45, 7) is 0. The highest BCUT2D eigenvalue weighted by Crippen LogP contribution is 2.17. The Morgan fingerprint density at radius 3 is 2.61 bits per heavy atom. The Labute approximate surface area is 101 Å². The maximum atomic E-state index is 10.8. The van der Waals surface area contributed by atoms with Gasteiger partial charge < -0.3 is 10.2 Å². The Kier molecular flexibility index (Phi) is 3.22. The summed E-state index contributed by atoms with van der Waals surface area (Å²) < 4.78 is 0. The molecule has 2 aromatic rings. The minimum atomic E-state index is -1.40. The lowest BCUT2D eigenvalue weighted by Crippen LogP contribution is -2.23. The Morgan fingerprint density at radius 2 is 1.94 bits per heavy atom. The fourth-order valence-electron chi connectivity index (χ4n) is 1.78. The number of carboxylic acid groups (broad SMARTS) is 2. The number of hydrogen-bond acceptors (Lipinski definition) is 4. The van der Waals surface area contributed by atoms with Crippen molar-refractivity contribution in [1.82, 2.24) is 15.4 Å². The van der Waals surface area contributed by atoms with Gasteiger partial charge in [-0.15, -0.1) is 0 Å².